The Morgan fingerprint density at radius 1 is 0.434 bits per heavy atom. The number of hydrogen-bond donors (Lipinski definition) is 0. The Labute approximate surface area is 310 Å². The summed E-state index contributed by atoms with van der Waals surface area (Å²) in [5.41, 5.74) is 12.0. The van der Waals surface area contributed by atoms with Crippen molar-refractivity contribution in [2.45, 2.75) is 19.3 Å². The molecule has 0 saturated carbocycles. The Bertz CT molecular complexity index is 3320. The average molecular weight is 693 g/mol. The molecule has 0 aliphatic heterocycles. The highest BCUT2D eigenvalue weighted by Crippen LogP contribution is 2.55. The van der Waals surface area contributed by atoms with Crippen LogP contribution in [0.15, 0.2) is 162 Å². The van der Waals surface area contributed by atoms with Gasteiger partial charge in [0.1, 0.15) is 11.2 Å². The van der Waals surface area contributed by atoms with E-state index in [1.54, 1.807) is 0 Å². The number of fused-ring (bicyclic) bond motifs is 14. The van der Waals surface area contributed by atoms with E-state index in [0.717, 1.165) is 11.2 Å². The molecule has 0 N–H and O–H groups in total. The van der Waals surface area contributed by atoms with Crippen LogP contribution >= 0.6 is 11.3 Å². The van der Waals surface area contributed by atoms with E-state index < -0.39 is 0 Å². The van der Waals surface area contributed by atoms with Gasteiger partial charge in [0, 0.05) is 41.9 Å². The van der Waals surface area contributed by atoms with Gasteiger partial charge in [0.05, 0.1) is 0 Å². The van der Waals surface area contributed by atoms with Gasteiger partial charge >= 0.3 is 0 Å². The molecule has 0 bridgehead atoms. The summed E-state index contributed by atoms with van der Waals surface area (Å²) in [4.78, 5) is 0. The fraction of sp³-hybridized carbons (Fsp3) is 0.0588. The lowest BCUT2D eigenvalue weighted by molar-refractivity contribution is 0.653. The molecule has 2 aromatic heterocycles. The van der Waals surface area contributed by atoms with Gasteiger partial charge in [-0.15, -0.1) is 11.3 Å². The van der Waals surface area contributed by atoms with Crippen LogP contribution in [-0.2, 0) is 5.41 Å². The molecule has 53 heavy (non-hydrogen) atoms. The number of rotatable bonds is 2. The van der Waals surface area contributed by atoms with Crippen molar-refractivity contribution in [3.63, 3.8) is 0 Å². The van der Waals surface area contributed by atoms with Gasteiger partial charge in [0.15, 0.2) is 0 Å². The van der Waals surface area contributed by atoms with Gasteiger partial charge in [-0.2, -0.15) is 0 Å². The molecule has 1 aliphatic carbocycles. The first-order valence-corrected chi connectivity index (χ1v) is 19.2. The van der Waals surface area contributed by atoms with Gasteiger partial charge < -0.3 is 4.42 Å². The molecule has 1 aliphatic rings. The second-order valence-electron chi connectivity index (χ2n) is 15.2. The molecule has 11 aromatic rings. The van der Waals surface area contributed by atoms with Gasteiger partial charge in [0.2, 0.25) is 0 Å². The Balaban J connectivity index is 1.12. The summed E-state index contributed by atoms with van der Waals surface area (Å²) in [5, 5.41) is 12.6. The maximum atomic E-state index is 6.85. The second kappa shape index (κ2) is 10.4. The zero-order valence-electron chi connectivity index (χ0n) is 29.3. The van der Waals surface area contributed by atoms with Gasteiger partial charge in [-0.1, -0.05) is 147 Å². The summed E-state index contributed by atoms with van der Waals surface area (Å²) in [7, 11) is 0. The van der Waals surface area contributed by atoms with Crippen molar-refractivity contribution in [2.24, 2.45) is 0 Å². The van der Waals surface area contributed by atoms with Crippen LogP contribution in [0.25, 0.3) is 108 Å². The molecule has 9 aromatic carbocycles. The van der Waals surface area contributed by atoms with Crippen LogP contribution in [0.1, 0.15) is 25.0 Å². The predicted octanol–water partition coefficient (Wildman–Crippen LogP) is 15.1. The number of thiophene rings is 1. The van der Waals surface area contributed by atoms with Crippen molar-refractivity contribution in [1.82, 2.24) is 0 Å². The lowest BCUT2D eigenvalue weighted by atomic mass is 9.81. The molecule has 12 rings (SSSR count). The molecule has 0 unspecified atom stereocenters. The highest BCUT2D eigenvalue weighted by atomic mass is 32.1. The van der Waals surface area contributed by atoms with Crippen LogP contribution in [-0.4, -0.2) is 0 Å². The van der Waals surface area contributed by atoms with Crippen LogP contribution in [0, 0.1) is 0 Å². The largest absolute Gasteiger partial charge is 0.455 e. The van der Waals surface area contributed by atoms with E-state index >= 15 is 0 Å². The van der Waals surface area contributed by atoms with Crippen LogP contribution in [0.2, 0.25) is 0 Å². The summed E-state index contributed by atoms with van der Waals surface area (Å²) < 4.78 is 9.51. The highest BCUT2D eigenvalue weighted by molar-refractivity contribution is 7.25. The van der Waals surface area contributed by atoms with E-state index in [1.807, 2.05) is 11.3 Å². The predicted molar refractivity (Wildman–Crippen MR) is 228 cm³/mol. The molecule has 0 atom stereocenters. The lowest BCUT2D eigenvalue weighted by Crippen LogP contribution is -2.14. The molecule has 2 heterocycles. The van der Waals surface area contributed by atoms with Crippen LogP contribution in [0.4, 0.5) is 0 Å². The smallest absolute Gasteiger partial charge is 0.143 e. The normalized spacial score (nSPS) is 13.6. The monoisotopic (exact) mass is 692 g/mol. The minimum atomic E-state index is -0.155. The van der Waals surface area contributed by atoms with Crippen LogP contribution < -0.4 is 0 Å². The van der Waals surface area contributed by atoms with E-state index in [1.165, 1.54) is 108 Å². The van der Waals surface area contributed by atoms with E-state index in [9.17, 15) is 0 Å². The fourth-order valence-electron chi connectivity index (χ4n) is 9.63. The highest BCUT2D eigenvalue weighted by Gasteiger charge is 2.38. The summed E-state index contributed by atoms with van der Waals surface area (Å²) in [6.45, 7) is 4.71. The first kappa shape index (κ1) is 29.4. The Morgan fingerprint density at radius 2 is 1.00 bits per heavy atom. The SMILES string of the molecule is CC1(C)c2ccc(-c3c4ccccc4c(-c4ccc5c(c4)sc4ccccc45)c4ccccc34)cc2-c2c1ccc1c2oc2ccc3ccccc3c21. The molecule has 2 heteroatoms. The van der Waals surface area contributed by atoms with E-state index in [0.29, 0.717) is 0 Å². The first-order chi connectivity index (χ1) is 26.0. The fourth-order valence-corrected chi connectivity index (χ4v) is 10.8. The molecular weight excluding hydrogens is 661 g/mol. The first-order valence-electron chi connectivity index (χ1n) is 18.4. The Morgan fingerprint density at radius 3 is 1.74 bits per heavy atom. The van der Waals surface area contributed by atoms with Crippen molar-refractivity contribution < 1.29 is 4.42 Å². The average Bonchev–Trinajstić information content (AvgIpc) is 3.84. The minimum Gasteiger partial charge on any atom is -0.455 e. The van der Waals surface area contributed by atoms with E-state index in [2.05, 4.69) is 172 Å². The zero-order valence-corrected chi connectivity index (χ0v) is 30.1. The van der Waals surface area contributed by atoms with Gasteiger partial charge in [0.25, 0.3) is 0 Å². The molecular formula is C51H32OS. The lowest BCUT2D eigenvalue weighted by Gasteiger charge is -2.22. The van der Waals surface area contributed by atoms with Crippen molar-refractivity contribution in [2.75, 3.05) is 0 Å². The third-order valence-corrected chi connectivity index (χ3v) is 13.2. The summed E-state index contributed by atoms with van der Waals surface area (Å²) in [6, 6.07) is 58.6. The number of benzene rings is 9. The molecule has 248 valence electrons. The third-order valence-electron chi connectivity index (χ3n) is 12.1. The standard InChI is InChI=1S/C51H32OS/c1-51(2)41-24-20-30(27-40(41)49-42(51)25-23-39-48-32-12-4-3-11-29(32)21-26-43(48)52-50(39)49)46-35-14-5-7-16-37(35)47(38-17-8-6-15-36(38)46)31-19-22-34-33-13-9-10-18-44(33)53-45(34)28-31/h3-28H,1-2H3. The molecule has 1 nitrogen and oxygen atoms in total. The number of furan rings is 1. The summed E-state index contributed by atoms with van der Waals surface area (Å²) in [5.74, 6) is 0. The molecule has 0 amide bonds. The van der Waals surface area contributed by atoms with Crippen LogP contribution in [0.3, 0.4) is 0 Å². The van der Waals surface area contributed by atoms with Gasteiger partial charge in [-0.3, -0.25) is 0 Å². The summed E-state index contributed by atoms with van der Waals surface area (Å²) in [6.07, 6.45) is 0. The molecule has 0 fully saturated rings. The summed E-state index contributed by atoms with van der Waals surface area (Å²) >= 11 is 1.88. The number of hydrogen-bond acceptors (Lipinski definition) is 2. The van der Waals surface area contributed by atoms with Crippen molar-refractivity contribution >= 4 is 85.8 Å². The molecule has 0 radical (unpaired) electrons. The van der Waals surface area contributed by atoms with E-state index in [4.69, 9.17) is 4.42 Å². The van der Waals surface area contributed by atoms with Crippen molar-refractivity contribution in [1.29, 1.82) is 0 Å². The van der Waals surface area contributed by atoms with Crippen molar-refractivity contribution in [3.8, 4) is 33.4 Å². The van der Waals surface area contributed by atoms with Crippen molar-refractivity contribution in [3.05, 3.63) is 169 Å². The maximum Gasteiger partial charge on any atom is 0.143 e. The van der Waals surface area contributed by atoms with Gasteiger partial charge in [-0.25, -0.2) is 0 Å². The Kier molecular flexibility index (Phi) is 5.78. The van der Waals surface area contributed by atoms with E-state index in [-0.39, 0.29) is 5.41 Å². The minimum absolute atomic E-state index is 0.155. The maximum absolute atomic E-state index is 6.85. The molecule has 0 saturated heterocycles. The Hall–Kier alpha value is -6.22. The van der Waals surface area contributed by atoms with Crippen LogP contribution in [0.5, 0.6) is 0 Å². The quantitative estimate of drug-likeness (QED) is 0.164. The second-order valence-corrected chi connectivity index (χ2v) is 16.2. The zero-order chi connectivity index (χ0) is 35.0. The topological polar surface area (TPSA) is 13.1 Å². The van der Waals surface area contributed by atoms with Gasteiger partial charge in [-0.05, 0) is 95.5 Å². The third kappa shape index (κ3) is 3.91. The molecule has 0 spiro atoms.